The number of carbonyl (C=O) groups is 3. The van der Waals surface area contributed by atoms with Crippen LogP contribution >= 0.6 is 15.6 Å². The summed E-state index contributed by atoms with van der Waals surface area (Å²) in [4.78, 5) is 59.1. The van der Waals surface area contributed by atoms with E-state index in [0.29, 0.717) is 19.3 Å². The first-order valence-corrected chi connectivity index (χ1v) is 52.4. The average molecular weight is 1780 g/mol. The first-order chi connectivity index (χ1) is 61.2. The van der Waals surface area contributed by atoms with E-state index in [0.717, 1.165) is 212 Å². The SMILES string of the molecule is CC/C=C\C/C=C\C/C=C\C/C=C\C/C=C\C/C=C\CCCCCCCCCCCCCCCCC(=O)OCC(O)COP(=O)(O)OCC(O)COP(=O)(O)OCC(COC(=O)CCCCCCCCCCCCCCCC/C=C\C/C=C\C/C=C\C/C=C\C/C=C\C/C=C\CC)OC(=O)CCCCCCCCC/C=C\C/C=C\C/C=C\C/C=C\C/C=C\CC. The molecule has 0 saturated carbocycles. The minimum atomic E-state index is -4.95. The minimum absolute atomic E-state index is 0.0860. The number of hydrogen-bond donors (Lipinski definition) is 4. The zero-order chi connectivity index (χ0) is 90.7. The highest BCUT2D eigenvalue weighted by Gasteiger charge is 2.30. The Hall–Kier alpha value is -5.87. The molecule has 0 aliphatic heterocycles. The van der Waals surface area contributed by atoms with Crippen molar-refractivity contribution in [3.8, 4) is 0 Å². The van der Waals surface area contributed by atoms with Gasteiger partial charge in [0.2, 0.25) is 0 Å². The second-order valence-electron chi connectivity index (χ2n) is 32.4. The summed E-state index contributed by atoms with van der Waals surface area (Å²) in [6.45, 7) is 2.37. The number of esters is 3. The zero-order valence-electron chi connectivity index (χ0n) is 78.7. The maximum Gasteiger partial charge on any atom is 0.472 e. The number of ether oxygens (including phenoxy) is 3. The average Bonchev–Trinajstić information content (AvgIpc) is 0.904. The fourth-order valence-electron chi connectivity index (χ4n) is 13.1. The molecule has 0 aromatic rings. The number of phosphoric ester groups is 2. The molecule has 0 aliphatic rings. The van der Waals surface area contributed by atoms with Crippen LogP contribution in [0.3, 0.4) is 0 Å². The number of hydrogen-bond acceptors (Lipinski definition) is 14. The van der Waals surface area contributed by atoms with E-state index in [2.05, 4.69) is 227 Å². The van der Waals surface area contributed by atoms with Crippen LogP contribution in [0.1, 0.15) is 393 Å². The van der Waals surface area contributed by atoms with E-state index in [1.807, 2.05) is 0 Å². The lowest BCUT2D eigenvalue weighted by atomic mass is 10.0. The fraction of sp³-hybridized carbons (Fsp3) is 0.654. The van der Waals surface area contributed by atoms with Crippen LogP contribution in [0.25, 0.3) is 0 Å². The van der Waals surface area contributed by atoms with E-state index >= 15 is 0 Å². The smallest absolute Gasteiger partial charge is 0.463 e. The molecule has 0 bridgehead atoms. The molecule has 0 aliphatic carbocycles. The number of unbranched alkanes of at least 4 members (excludes halogenated alkanes) is 35. The minimum Gasteiger partial charge on any atom is -0.463 e. The standard InChI is InChI=1S/C107H178O16P2/c1-4-7-10-13-16-19-22-25-28-31-34-37-40-42-44-46-48-50-52-54-56-58-61-63-66-69-72-75-78-81-84-87-90-93-105(110)117-96-102(108)97-119-124(113,114)120-98-103(109)99-121-125(115,116)122-101-104(123-107(112)95-92-89-86-83-80-77-74-71-68-65-60-39-36-33-30-27-24-21-18-15-12-9-6-3)100-118-106(111)94-91-88-85-82-79-76-73-70-67-64-62-59-57-55-53-51-49-47-45-43-41-38-35-32-29-26-23-20-17-14-11-8-5-2/h7-12,16-21,25-30,34-39,42-45,48-51,65,68,102-104,108-109H,4-6,13-15,22-24,31-33,40-41,46-47,52-64,66-67,69-101H2,1-3H3,(H,113,114)(H,115,116)/b10-7-,11-8-,12-9-,19-16-,20-17-,21-18-,28-25-,29-26-,30-27-,37-34-,38-35-,39-36-,44-42-,45-43-,50-48-,51-49-,68-65-. The molecular formula is C107H178O16P2. The van der Waals surface area contributed by atoms with Crippen LogP contribution in [0.4, 0.5) is 0 Å². The van der Waals surface area contributed by atoms with Crippen molar-refractivity contribution in [2.24, 2.45) is 0 Å². The van der Waals surface area contributed by atoms with Gasteiger partial charge in [-0.15, -0.1) is 0 Å². The lowest BCUT2D eigenvalue weighted by molar-refractivity contribution is -0.161. The number of carbonyl (C=O) groups excluding carboxylic acids is 3. The van der Waals surface area contributed by atoms with Crippen molar-refractivity contribution in [3.05, 3.63) is 207 Å². The van der Waals surface area contributed by atoms with Gasteiger partial charge in [-0.2, -0.15) is 0 Å². The van der Waals surface area contributed by atoms with Gasteiger partial charge >= 0.3 is 33.6 Å². The summed E-state index contributed by atoms with van der Waals surface area (Å²) >= 11 is 0. The van der Waals surface area contributed by atoms with E-state index in [1.165, 1.54) is 122 Å². The molecule has 0 fully saturated rings. The Bertz CT molecular complexity index is 3100. The van der Waals surface area contributed by atoms with Crippen LogP contribution < -0.4 is 0 Å². The monoisotopic (exact) mass is 1780 g/mol. The van der Waals surface area contributed by atoms with E-state index in [4.69, 9.17) is 32.3 Å². The molecule has 18 heteroatoms. The van der Waals surface area contributed by atoms with Gasteiger partial charge in [-0.3, -0.25) is 32.5 Å². The quantitative estimate of drug-likeness (QED) is 0.0146. The molecule has 0 aromatic carbocycles. The third kappa shape index (κ3) is 98.6. The van der Waals surface area contributed by atoms with Crippen LogP contribution in [0.5, 0.6) is 0 Å². The Balaban J connectivity index is 4.60. The van der Waals surface area contributed by atoms with E-state index in [-0.39, 0.29) is 19.3 Å². The van der Waals surface area contributed by atoms with Gasteiger partial charge in [0, 0.05) is 19.3 Å². The summed E-state index contributed by atoms with van der Waals surface area (Å²) in [6.07, 6.45) is 132. The molecule has 5 atom stereocenters. The molecule has 125 heavy (non-hydrogen) atoms. The van der Waals surface area contributed by atoms with Crippen LogP contribution in [-0.4, -0.2) is 95.9 Å². The molecule has 5 unspecified atom stereocenters. The molecule has 0 radical (unpaired) electrons. The molecular weight excluding hydrogens is 1600 g/mol. The molecule has 0 spiro atoms. The molecule has 712 valence electrons. The first kappa shape index (κ1) is 119. The van der Waals surface area contributed by atoms with Crippen LogP contribution in [0, 0.1) is 0 Å². The van der Waals surface area contributed by atoms with Crippen LogP contribution in [0.2, 0.25) is 0 Å². The summed E-state index contributed by atoms with van der Waals surface area (Å²) in [5.74, 6) is -1.58. The number of aliphatic hydroxyl groups excluding tert-OH is 2. The number of allylic oxidation sites excluding steroid dienone is 34. The van der Waals surface area contributed by atoms with Crippen molar-refractivity contribution in [1.82, 2.24) is 0 Å². The van der Waals surface area contributed by atoms with Crippen LogP contribution in [0.15, 0.2) is 207 Å². The highest BCUT2D eigenvalue weighted by Crippen LogP contribution is 2.45. The van der Waals surface area contributed by atoms with Gasteiger partial charge in [0.1, 0.15) is 25.4 Å². The maximum atomic E-state index is 13.1. The number of rotatable bonds is 92. The van der Waals surface area contributed by atoms with Gasteiger partial charge in [-0.25, -0.2) is 9.13 Å². The molecule has 0 saturated heterocycles. The van der Waals surface area contributed by atoms with Gasteiger partial charge in [0.15, 0.2) is 6.10 Å². The van der Waals surface area contributed by atoms with Crippen molar-refractivity contribution in [2.75, 3.05) is 39.6 Å². The summed E-state index contributed by atoms with van der Waals surface area (Å²) in [7, 11) is -9.83. The summed E-state index contributed by atoms with van der Waals surface area (Å²) in [5.41, 5.74) is 0. The lowest BCUT2D eigenvalue weighted by Gasteiger charge is -2.21. The van der Waals surface area contributed by atoms with Crippen LogP contribution in [-0.2, 0) is 55.8 Å². The van der Waals surface area contributed by atoms with E-state index in [9.17, 15) is 43.5 Å². The topological polar surface area (TPSA) is 231 Å². The predicted molar refractivity (Wildman–Crippen MR) is 527 cm³/mol. The highest BCUT2D eigenvalue weighted by molar-refractivity contribution is 7.47. The third-order valence-corrected chi connectivity index (χ3v) is 22.4. The Morgan fingerprint density at radius 3 is 0.632 bits per heavy atom. The van der Waals surface area contributed by atoms with Gasteiger partial charge in [0.25, 0.3) is 0 Å². The summed E-state index contributed by atoms with van der Waals surface area (Å²) in [5, 5.41) is 20.8. The van der Waals surface area contributed by atoms with Crippen molar-refractivity contribution in [1.29, 1.82) is 0 Å². The lowest BCUT2D eigenvalue weighted by Crippen LogP contribution is -2.30. The Morgan fingerprint density at radius 1 is 0.224 bits per heavy atom. The van der Waals surface area contributed by atoms with Crippen molar-refractivity contribution in [2.45, 2.75) is 411 Å². The van der Waals surface area contributed by atoms with E-state index < -0.39 is 91.5 Å². The van der Waals surface area contributed by atoms with Crippen molar-refractivity contribution < 1.29 is 75.8 Å². The molecule has 0 rings (SSSR count). The predicted octanol–water partition coefficient (Wildman–Crippen LogP) is 31.1. The normalized spacial score (nSPS) is 14.6. The summed E-state index contributed by atoms with van der Waals surface area (Å²) < 4.78 is 61.6. The molecule has 0 aromatic heterocycles. The third-order valence-electron chi connectivity index (χ3n) is 20.5. The van der Waals surface area contributed by atoms with E-state index in [1.54, 1.807) is 0 Å². The Kier molecular flexibility index (Phi) is 92.6. The first-order valence-electron chi connectivity index (χ1n) is 49.4. The second-order valence-corrected chi connectivity index (χ2v) is 35.3. The second kappa shape index (κ2) is 97.2. The van der Waals surface area contributed by atoms with Gasteiger partial charge in [0.05, 0.1) is 26.4 Å². The van der Waals surface area contributed by atoms with Gasteiger partial charge in [-0.1, -0.05) is 414 Å². The number of aliphatic hydroxyl groups is 2. The molecule has 0 amide bonds. The Morgan fingerprint density at radius 2 is 0.400 bits per heavy atom. The summed E-state index contributed by atoms with van der Waals surface area (Å²) in [6, 6.07) is 0. The maximum absolute atomic E-state index is 13.1. The largest absolute Gasteiger partial charge is 0.472 e. The van der Waals surface area contributed by atoms with Gasteiger partial charge < -0.3 is 34.2 Å². The highest BCUT2D eigenvalue weighted by atomic mass is 31.2. The zero-order valence-corrected chi connectivity index (χ0v) is 80.5. The molecule has 0 heterocycles. The fourth-order valence-corrected chi connectivity index (χ4v) is 14.7. The van der Waals surface area contributed by atoms with Gasteiger partial charge in [-0.05, 0) is 167 Å². The molecule has 16 nitrogen and oxygen atoms in total. The number of phosphoric acid groups is 2. The van der Waals surface area contributed by atoms with Crippen molar-refractivity contribution in [3.63, 3.8) is 0 Å². The van der Waals surface area contributed by atoms with Crippen molar-refractivity contribution >= 4 is 33.6 Å². The molecule has 4 N–H and O–H groups in total. The Labute approximate surface area is 762 Å².